The van der Waals surface area contributed by atoms with Crippen molar-refractivity contribution in [3.8, 4) is 0 Å². The molecule has 0 aliphatic heterocycles. The van der Waals surface area contributed by atoms with Crippen LogP contribution in [0.5, 0.6) is 0 Å². The Morgan fingerprint density at radius 3 is 2.03 bits per heavy atom. The minimum atomic E-state index is -0.340. The first kappa shape index (κ1) is 26.3. The van der Waals surface area contributed by atoms with E-state index >= 15 is 0 Å². The summed E-state index contributed by atoms with van der Waals surface area (Å²) in [5.41, 5.74) is 5.14. The lowest BCUT2D eigenvalue weighted by molar-refractivity contribution is 0.104. The zero-order valence-corrected chi connectivity index (χ0v) is 20.4. The van der Waals surface area contributed by atoms with Crippen LogP contribution in [0.1, 0.15) is 71.1 Å². The first-order valence-corrected chi connectivity index (χ1v) is 12.5. The topological polar surface area (TPSA) is 26.3 Å². The molecule has 0 saturated carbocycles. The number of ketones is 1. The largest absolute Gasteiger partial charge is 0.377 e. The number of carbonyl (C=O) groups excluding carboxylic acids is 1. The van der Waals surface area contributed by atoms with Crippen LogP contribution in [0.25, 0.3) is 12.2 Å². The Morgan fingerprint density at radius 1 is 0.743 bits per heavy atom. The maximum absolute atomic E-state index is 13.0. The van der Waals surface area contributed by atoms with Gasteiger partial charge in [0.2, 0.25) is 0 Å². The van der Waals surface area contributed by atoms with Crippen molar-refractivity contribution in [2.45, 2.75) is 51.6 Å². The molecule has 0 N–H and O–H groups in total. The average Bonchev–Trinajstić information content (AvgIpc) is 2.89. The minimum absolute atomic E-state index is 0.126. The van der Waals surface area contributed by atoms with Gasteiger partial charge in [-0.3, -0.25) is 4.79 Å². The molecule has 3 rings (SSSR count). The summed E-state index contributed by atoms with van der Waals surface area (Å²) in [5, 5.41) is 0. The molecule has 0 aliphatic carbocycles. The van der Waals surface area contributed by atoms with Gasteiger partial charge in [-0.25, -0.2) is 4.39 Å². The number of allylic oxidation sites excluding steroid dienone is 1. The third-order valence-electron chi connectivity index (χ3n) is 6.02. The normalized spacial score (nSPS) is 11.1. The molecule has 0 fully saturated rings. The van der Waals surface area contributed by atoms with Crippen molar-refractivity contribution in [3.05, 3.63) is 119 Å². The number of rotatable bonds is 15. The first-order chi connectivity index (χ1) is 17.1. The number of hydrogen-bond acceptors (Lipinski definition) is 2. The molecule has 0 heterocycles. The number of ether oxygens (including phenoxy) is 1. The van der Waals surface area contributed by atoms with Crippen molar-refractivity contribution in [1.82, 2.24) is 0 Å². The van der Waals surface area contributed by atoms with Crippen LogP contribution in [0.2, 0.25) is 0 Å². The molecule has 3 heteroatoms. The highest BCUT2D eigenvalue weighted by molar-refractivity contribution is 6.06. The van der Waals surface area contributed by atoms with Gasteiger partial charge >= 0.3 is 0 Å². The smallest absolute Gasteiger partial charge is 0.185 e. The molecule has 0 atom stereocenters. The van der Waals surface area contributed by atoms with Gasteiger partial charge in [-0.2, -0.15) is 0 Å². The predicted octanol–water partition coefficient (Wildman–Crippen LogP) is 8.46. The summed E-state index contributed by atoms with van der Waals surface area (Å²) < 4.78 is 18.8. The van der Waals surface area contributed by atoms with Gasteiger partial charge in [0, 0.05) is 12.2 Å². The maximum atomic E-state index is 13.0. The molecule has 0 aromatic heterocycles. The van der Waals surface area contributed by atoms with Crippen LogP contribution in [-0.2, 0) is 17.8 Å². The molecule has 0 aliphatic rings. The van der Waals surface area contributed by atoms with E-state index in [0.717, 1.165) is 30.6 Å². The Balaban J connectivity index is 1.22. The van der Waals surface area contributed by atoms with E-state index in [0.29, 0.717) is 12.2 Å². The van der Waals surface area contributed by atoms with E-state index < -0.39 is 0 Å². The van der Waals surface area contributed by atoms with Crippen molar-refractivity contribution < 1.29 is 13.9 Å². The van der Waals surface area contributed by atoms with Crippen molar-refractivity contribution in [3.63, 3.8) is 0 Å². The first-order valence-electron chi connectivity index (χ1n) is 12.5. The van der Waals surface area contributed by atoms with Gasteiger partial charge in [0.1, 0.15) is 5.82 Å². The van der Waals surface area contributed by atoms with E-state index in [-0.39, 0.29) is 11.6 Å². The summed E-state index contributed by atoms with van der Waals surface area (Å²) in [6.07, 6.45) is 13.5. The second kappa shape index (κ2) is 14.9. The van der Waals surface area contributed by atoms with Gasteiger partial charge < -0.3 is 4.74 Å². The van der Waals surface area contributed by atoms with E-state index in [4.69, 9.17) is 4.74 Å². The van der Waals surface area contributed by atoms with Crippen LogP contribution in [0.3, 0.4) is 0 Å². The standard InChI is InChI=1S/C32H35FO2/c1-2-26-10-16-29(17-11-26)25-35-24-8-6-4-3-5-7-9-27-12-14-28(15-13-27)18-23-32(34)30-19-21-31(33)22-20-30/h2,10-23H,1,3-9,24-25H2. The molecule has 0 amide bonds. The van der Waals surface area contributed by atoms with Crippen LogP contribution in [0.4, 0.5) is 4.39 Å². The Morgan fingerprint density at radius 2 is 1.34 bits per heavy atom. The highest BCUT2D eigenvalue weighted by atomic mass is 19.1. The number of hydrogen-bond donors (Lipinski definition) is 0. The Labute approximate surface area is 209 Å². The van der Waals surface area contributed by atoms with Crippen molar-refractivity contribution in [2.24, 2.45) is 0 Å². The zero-order valence-electron chi connectivity index (χ0n) is 20.4. The predicted molar refractivity (Wildman–Crippen MR) is 144 cm³/mol. The Kier molecular flexibility index (Phi) is 11.2. The summed E-state index contributed by atoms with van der Waals surface area (Å²) in [5.74, 6) is -0.465. The molecular formula is C32H35FO2. The van der Waals surface area contributed by atoms with Gasteiger partial charge in [-0.1, -0.05) is 92.9 Å². The lowest BCUT2D eigenvalue weighted by atomic mass is 10.0. The van der Waals surface area contributed by atoms with Gasteiger partial charge in [-0.15, -0.1) is 0 Å². The summed E-state index contributed by atoms with van der Waals surface area (Å²) in [4.78, 5) is 12.2. The zero-order chi connectivity index (χ0) is 24.7. The lowest BCUT2D eigenvalue weighted by Crippen LogP contribution is -1.95. The van der Waals surface area contributed by atoms with E-state index in [1.165, 1.54) is 73.6 Å². The van der Waals surface area contributed by atoms with Crippen LogP contribution >= 0.6 is 0 Å². The molecule has 3 aromatic carbocycles. The van der Waals surface area contributed by atoms with Gasteiger partial charge in [0.05, 0.1) is 6.61 Å². The molecule has 0 radical (unpaired) electrons. The van der Waals surface area contributed by atoms with Crippen LogP contribution < -0.4 is 0 Å². The highest BCUT2D eigenvalue weighted by Crippen LogP contribution is 2.13. The third-order valence-corrected chi connectivity index (χ3v) is 6.02. The fourth-order valence-electron chi connectivity index (χ4n) is 3.86. The fraction of sp³-hybridized carbons (Fsp3) is 0.281. The monoisotopic (exact) mass is 470 g/mol. The molecule has 0 bridgehead atoms. The second-order valence-corrected chi connectivity index (χ2v) is 8.82. The number of halogens is 1. The quantitative estimate of drug-likeness (QED) is 0.126. The molecule has 35 heavy (non-hydrogen) atoms. The average molecular weight is 471 g/mol. The second-order valence-electron chi connectivity index (χ2n) is 8.82. The summed E-state index contributed by atoms with van der Waals surface area (Å²) in [6, 6.07) is 22.3. The van der Waals surface area contributed by atoms with E-state index in [1.807, 2.05) is 18.2 Å². The molecule has 2 nitrogen and oxygen atoms in total. The molecule has 182 valence electrons. The van der Waals surface area contributed by atoms with Crippen molar-refractivity contribution in [1.29, 1.82) is 0 Å². The molecular weight excluding hydrogens is 435 g/mol. The number of aryl methyl sites for hydroxylation is 1. The van der Waals surface area contributed by atoms with Crippen LogP contribution in [0.15, 0.2) is 85.5 Å². The Bertz CT molecular complexity index is 1060. The SMILES string of the molecule is C=Cc1ccc(COCCCCCCCCc2ccc(C=CC(=O)c3ccc(F)cc3)cc2)cc1. The van der Waals surface area contributed by atoms with Gasteiger partial charge in [-0.05, 0) is 71.9 Å². The Hall–Kier alpha value is -3.30. The number of unbranched alkanes of at least 4 members (excludes halogenated alkanes) is 5. The molecule has 0 unspecified atom stereocenters. The van der Waals surface area contributed by atoms with Crippen molar-refractivity contribution in [2.75, 3.05) is 6.61 Å². The number of benzene rings is 3. The summed E-state index contributed by atoms with van der Waals surface area (Å²) >= 11 is 0. The van der Waals surface area contributed by atoms with Gasteiger partial charge in [0.25, 0.3) is 0 Å². The summed E-state index contributed by atoms with van der Waals surface area (Å²) in [6.45, 7) is 5.27. The molecule has 0 spiro atoms. The maximum Gasteiger partial charge on any atom is 0.185 e. The molecule has 0 saturated heterocycles. The third kappa shape index (κ3) is 9.84. The van der Waals surface area contributed by atoms with Crippen LogP contribution in [0, 0.1) is 5.82 Å². The van der Waals surface area contributed by atoms with Crippen molar-refractivity contribution >= 4 is 17.9 Å². The molecule has 3 aromatic rings. The van der Waals surface area contributed by atoms with E-state index in [2.05, 4.69) is 43.0 Å². The highest BCUT2D eigenvalue weighted by Gasteiger charge is 2.02. The number of carbonyl (C=O) groups is 1. The van der Waals surface area contributed by atoms with Gasteiger partial charge in [0.15, 0.2) is 5.78 Å². The van der Waals surface area contributed by atoms with E-state index in [9.17, 15) is 9.18 Å². The van der Waals surface area contributed by atoms with Crippen LogP contribution in [-0.4, -0.2) is 12.4 Å². The lowest BCUT2D eigenvalue weighted by Gasteiger charge is -2.06. The summed E-state index contributed by atoms with van der Waals surface area (Å²) in [7, 11) is 0. The minimum Gasteiger partial charge on any atom is -0.377 e. The van der Waals surface area contributed by atoms with E-state index in [1.54, 1.807) is 6.08 Å². The fourth-order valence-corrected chi connectivity index (χ4v) is 3.86.